The summed E-state index contributed by atoms with van der Waals surface area (Å²) in [5, 5.41) is 5.78. The predicted molar refractivity (Wildman–Crippen MR) is 126 cm³/mol. The van der Waals surface area contributed by atoms with Gasteiger partial charge in [-0.25, -0.2) is 0 Å². The van der Waals surface area contributed by atoms with Crippen LogP contribution in [-0.2, 0) is 23.3 Å². The molecular formula is C27H27N3O. The quantitative estimate of drug-likeness (QED) is 0.499. The molecule has 6 rings (SSSR count). The number of benzene rings is 3. The summed E-state index contributed by atoms with van der Waals surface area (Å²) < 4.78 is 2.40. The third-order valence-electron chi connectivity index (χ3n) is 7.39. The lowest BCUT2D eigenvalue weighted by molar-refractivity contribution is -0.122. The van der Waals surface area contributed by atoms with Gasteiger partial charge in [0.2, 0.25) is 5.91 Å². The molecule has 3 heterocycles. The number of aromatic nitrogens is 1. The zero-order valence-corrected chi connectivity index (χ0v) is 17.9. The minimum Gasteiger partial charge on any atom is -0.341 e. The topological polar surface area (TPSA) is 37.3 Å². The number of piperidine rings is 1. The number of likely N-dealkylation sites (tertiary alicyclic amines) is 1. The Kier molecular flexibility index (Phi) is 4.19. The van der Waals surface area contributed by atoms with Crippen molar-refractivity contribution in [2.75, 3.05) is 18.4 Å². The third-order valence-corrected chi connectivity index (χ3v) is 7.39. The average Bonchev–Trinajstić information content (AvgIpc) is 3.27. The Hall–Kier alpha value is -3.11. The van der Waals surface area contributed by atoms with Gasteiger partial charge in [0.25, 0.3) is 0 Å². The molecule has 2 aliphatic rings. The second kappa shape index (κ2) is 6.96. The number of carbonyl (C=O) groups is 1. The highest BCUT2D eigenvalue weighted by molar-refractivity contribution is 6.08. The molecular weight excluding hydrogens is 382 g/mol. The maximum absolute atomic E-state index is 12.8. The second-order valence-corrected chi connectivity index (χ2v) is 8.97. The Morgan fingerprint density at radius 3 is 2.48 bits per heavy atom. The molecule has 0 bridgehead atoms. The van der Waals surface area contributed by atoms with E-state index in [9.17, 15) is 4.79 Å². The lowest BCUT2D eigenvalue weighted by Crippen LogP contribution is -2.46. The van der Waals surface area contributed by atoms with Crippen molar-refractivity contribution in [1.82, 2.24) is 9.47 Å². The van der Waals surface area contributed by atoms with Crippen LogP contribution in [0.15, 0.2) is 66.7 Å². The molecule has 0 atom stereocenters. The monoisotopic (exact) mass is 409 g/mol. The number of hydrogen-bond acceptors (Lipinski definition) is 2. The number of aryl methyl sites for hydroxylation is 1. The predicted octanol–water partition coefficient (Wildman–Crippen LogP) is 5.30. The fourth-order valence-electron chi connectivity index (χ4n) is 5.76. The van der Waals surface area contributed by atoms with E-state index in [1.54, 1.807) is 0 Å². The Bertz CT molecular complexity index is 1310. The number of rotatable bonds is 3. The summed E-state index contributed by atoms with van der Waals surface area (Å²) in [6.07, 6.45) is 1.76. The van der Waals surface area contributed by atoms with Gasteiger partial charge < -0.3 is 9.88 Å². The number of nitrogens with zero attached hydrogens (tertiary/aromatic N) is 2. The molecule has 0 aliphatic carbocycles. The van der Waals surface area contributed by atoms with Crippen molar-refractivity contribution in [2.24, 2.45) is 0 Å². The van der Waals surface area contributed by atoms with Crippen molar-refractivity contribution in [3.63, 3.8) is 0 Å². The van der Waals surface area contributed by atoms with Crippen LogP contribution in [-0.4, -0.2) is 28.5 Å². The maximum Gasteiger partial charge on any atom is 0.235 e. The van der Waals surface area contributed by atoms with Gasteiger partial charge in [0.1, 0.15) is 0 Å². The molecule has 1 aromatic heterocycles. The molecule has 4 aromatic rings. The van der Waals surface area contributed by atoms with Gasteiger partial charge in [-0.2, -0.15) is 0 Å². The lowest BCUT2D eigenvalue weighted by Gasteiger charge is -2.38. The first-order valence-electron chi connectivity index (χ1n) is 11.3. The van der Waals surface area contributed by atoms with Gasteiger partial charge in [-0.15, -0.1) is 0 Å². The smallest absolute Gasteiger partial charge is 0.235 e. The van der Waals surface area contributed by atoms with E-state index in [1.165, 1.54) is 32.9 Å². The third kappa shape index (κ3) is 2.75. The van der Waals surface area contributed by atoms with Crippen LogP contribution in [0.25, 0.3) is 21.8 Å². The molecule has 0 radical (unpaired) electrons. The van der Waals surface area contributed by atoms with Crippen molar-refractivity contribution in [1.29, 1.82) is 0 Å². The first-order valence-corrected chi connectivity index (χ1v) is 11.3. The van der Waals surface area contributed by atoms with Crippen LogP contribution in [0.1, 0.15) is 30.9 Å². The zero-order valence-electron chi connectivity index (χ0n) is 17.9. The van der Waals surface area contributed by atoms with E-state index < -0.39 is 0 Å². The number of fused-ring (bicyclic) bond motifs is 5. The summed E-state index contributed by atoms with van der Waals surface area (Å²) >= 11 is 0. The van der Waals surface area contributed by atoms with E-state index in [2.05, 4.69) is 76.3 Å². The fourth-order valence-corrected chi connectivity index (χ4v) is 5.76. The van der Waals surface area contributed by atoms with Gasteiger partial charge in [-0.3, -0.25) is 9.69 Å². The van der Waals surface area contributed by atoms with E-state index in [0.29, 0.717) is 0 Å². The largest absolute Gasteiger partial charge is 0.341 e. The number of anilines is 1. The average molecular weight is 410 g/mol. The first kappa shape index (κ1) is 18.6. The number of hydrogen-bond donors (Lipinski definition) is 1. The SMILES string of the molecule is CCn1c2ccccc2c2cc(CN3CCC4(CC3)C(=O)Nc3ccccc34)ccc21. The maximum atomic E-state index is 12.8. The van der Waals surface area contributed by atoms with Crippen LogP contribution in [0.2, 0.25) is 0 Å². The van der Waals surface area contributed by atoms with E-state index >= 15 is 0 Å². The molecule has 4 heteroatoms. The summed E-state index contributed by atoms with van der Waals surface area (Å²) in [5.41, 5.74) is 5.81. The first-order chi connectivity index (χ1) is 15.2. The Morgan fingerprint density at radius 1 is 0.903 bits per heavy atom. The minimum absolute atomic E-state index is 0.183. The molecule has 31 heavy (non-hydrogen) atoms. The summed E-state index contributed by atoms with van der Waals surface area (Å²) in [7, 11) is 0. The molecule has 2 aliphatic heterocycles. The van der Waals surface area contributed by atoms with Crippen LogP contribution in [0.4, 0.5) is 5.69 Å². The van der Waals surface area contributed by atoms with Gasteiger partial charge in [-0.1, -0.05) is 42.5 Å². The number of carbonyl (C=O) groups excluding carboxylic acids is 1. The highest BCUT2D eigenvalue weighted by Crippen LogP contribution is 2.45. The normalized spacial score (nSPS) is 18.0. The second-order valence-electron chi connectivity index (χ2n) is 8.97. The van der Waals surface area contributed by atoms with Gasteiger partial charge in [0.05, 0.1) is 5.41 Å². The summed E-state index contributed by atoms with van der Waals surface area (Å²) in [4.78, 5) is 15.3. The summed E-state index contributed by atoms with van der Waals surface area (Å²) in [5.74, 6) is 0.183. The molecule has 0 saturated carbocycles. The Labute approximate surface area is 182 Å². The molecule has 1 amide bonds. The molecule has 1 N–H and O–H groups in total. The Balaban J connectivity index is 1.26. The van der Waals surface area contributed by atoms with Crippen LogP contribution >= 0.6 is 0 Å². The van der Waals surface area contributed by atoms with Crippen molar-refractivity contribution in [3.05, 3.63) is 77.9 Å². The van der Waals surface area contributed by atoms with Gasteiger partial charge in [-0.05, 0) is 68.2 Å². The van der Waals surface area contributed by atoms with E-state index in [-0.39, 0.29) is 11.3 Å². The fraction of sp³-hybridized carbons (Fsp3) is 0.296. The molecule has 156 valence electrons. The van der Waals surface area contributed by atoms with Crippen LogP contribution in [0.3, 0.4) is 0 Å². The number of nitrogens with one attached hydrogen (secondary N) is 1. The van der Waals surface area contributed by atoms with Crippen LogP contribution in [0, 0.1) is 0 Å². The molecule has 3 aromatic carbocycles. The van der Waals surface area contributed by atoms with E-state index in [4.69, 9.17) is 0 Å². The molecule has 1 fully saturated rings. The van der Waals surface area contributed by atoms with Gasteiger partial charge >= 0.3 is 0 Å². The molecule has 1 spiro atoms. The zero-order chi connectivity index (χ0) is 21.0. The minimum atomic E-state index is -0.342. The highest BCUT2D eigenvalue weighted by atomic mass is 16.2. The summed E-state index contributed by atoms with van der Waals surface area (Å²) in [6, 6.07) is 23.8. The summed E-state index contributed by atoms with van der Waals surface area (Å²) in [6.45, 7) is 6.00. The van der Waals surface area contributed by atoms with Crippen molar-refractivity contribution in [3.8, 4) is 0 Å². The molecule has 0 unspecified atom stereocenters. The van der Waals surface area contributed by atoms with E-state index in [1.807, 2.05) is 12.1 Å². The van der Waals surface area contributed by atoms with Crippen molar-refractivity contribution >= 4 is 33.4 Å². The molecule has 4 nitrogen and oxygen atoms in total. The van der Waals surface area contributed by atoms with Gasteiger partial charge in [0.15, 0.2) is 0 Å². The van der Waals surface area contributed by atoms with Crippen molar-refractivity contribution < 1.29 is 4.79 Å². The molecule has 1 saturated heterocycles. The number of amides is 1. The van der Waals surface area contributed by atoms with Crippen molar-refractivity contribution in [2.45, 2.75) is 38.3 Å². The lowest BCUT2D eigenvalue weighted by atomic mass is 9.73. The van der Waals surface area contributed by atoms with Crippen LogP contribution < -0.4 is 5.32 Å². The number of para-hydroxylation sites is 2. The van der Waals surface area contributed by atoms with E-state index in [0.717, 1.165) is 44.7 Å². The van der Waals surface area contributed by atoms with Crippen LogP contribution in [0.5, 0.6) is 0 Å². The van der Waals surface area contributed by atoms with Gasteiger partial charge in [0, 0.05) is 40.6 Å². The Morgan fingerprint density at radius 2 is 1.65 bits per heavy atom. The standard InChI is InChI=1S/C27H27N3O/c1-2-30-24-10-6-3-7-20(24)21-17-19(11-12-25(21)30)18-29-15-13-27(14-16-29)22-8-4-5-9-23(22)28-26(27)31/h3-12,17H,2,13-16,18H2,1H3,(H,28,31). The highest BCUT2D eigenvalue weighted by Gasteiger charge is 2.48.